The van der Waals surface area contributed by atoms with Crippen LogP contribution in [0.1, 0.15) is 18.4 Å². The Labute approximate surface area is 104 Å². The fourth-order valence-electron chi connectivity index (χ4n) is 1.84. The lowest BCUT2D eigenvalue weighted by Gasteiger charge is -2.23. The van der Waals surface area contributed by atoms with Gasteiger partial charge in [-0.3, -0.25) is 4.79 Å². The van der Waals surface area contributed by atoms with Crippen LogP contribution in [0, 0.1) is 5.82 Å². The number of hydrogen-bond donors (Lipinski definition) is 2. The van der Waals surface area contributed by atoms with Crippen molar-refractivity contribution in [3.05, 3.63) is 34.6 Å². The Kier molecular flexibility index (Phi) is 3.97. The van der Waals surface area contributed by atoms with E-state index in [1.54, 1.807) is 6.07 Å². The molecule has 2 rings (SSSR count). The first-order chi connectivity index (χ1) is 8.15. The second-order valence-electron chi connectivity index (χ2n) is 4.16. The summed E-state index contributed by atoms with van der Waals surface area (Å²) in [6, 6.07) is 4.55. The van der Waals surface area contributed by atoms with Gasteiger partial charge >= 0.3 is 0 Å². The van der Waals surface area contributed by atoms with Crippen LogP contribution in [0.15, 0.2) is 18.2 Å². The number of carbonyl (C=O) groups excluding carboxylic acids is 1. The molecule has 1 unspecified atom stereocenters. The third kappa shape index (κ3) is 3.41. The lowest BCUT2D eigenvalue weighted by atomic mass is 10.1. The number of carbonyl (C=O) groups is 1. The van der Waals surface area contributed by atoms with Gasteiger partial charge in [0.2, 0.25) is 5.91 Å². The quantitative estimate of drug-likeness (QED) is 0.867. The van der Waals surface area contributed by atoms with E-state index in [2.05, 4.69) is 10.6 Å². The minimum absolute atomic E-state index is 0.0897. The average Bonchev–Trinajstić information content (AvgIpc) is 2.32. The Morgan fingerprint density at radius 1 is 1.53 bits per heavy atom. The second kappa shape index (κ2) is 5.47. The van der Waals surface area contributed by atoms with Gasteiger partial charge in [0, 0.05) is 30.6 Å². The van der Waals surface area contributed by atoms with E-state index in [-0.39, 0.29) is 17.8 Å². The molecule has 1 aromatic carbocycles. The Morgan fingerprint density at radius 2 is 2.35 bits per heavy atom. The first-order valence-corrected chi connectivity index (χ1v) is 5.97. The molecule has 1 aliphatic heterocycles. The number of piperidine rings is 1. The van der Waals surface area contributed by atoms with Gasteiger partial charge in [-0.15, -0.1) is 0 Å². The first kappa shape index (κ1) is 12.3. The standard InChI is InChI=1S/C12H14ClFN2O/c13-11-3-1-9(14)5-8(11)6-15-10-2-4-12(17)16-7-10/h1,3,5,10,15H,2,4,6-7H2,(H,16,17). The molecule has 1 amide bonds. The SMILES string of the molecule is O=C1CCC(NCc2cc(F)ccc2Cl)CN1. The van der Waals surface area contributed by atoms with E-state index in [9.17, 15) is 9.18 Å². The van der Waals surface area contributed by atoms with Gasteiger partial charge in [0.1, 0.15) is 5.82 Å². The van der Waals surface area contributed by atoms with Crippen LogP contribution in [-0.2, 0) is 11.3 Å². The molecule has 2 N–H and O–H groups in total. The third-order valence-corrected chi connectivity index (χ3v) is 3.22. The summed E-state index contributed by atoms with van der Waals surface area (Å²) in [6.45, 7) is 1.13. The molecule has 0 spiro atoms. The van der Waals surface area contributed by atoms with Gasteiger partial charge in [-0.1, -0.05) is 11.6 Å². The highest BCUT2D eigenvalue weighted by atomic mass is 35.5. The zero-order valence-corrected chi connectivity index (χ0v) is 10.1. The van der Waals surface area contributed by atoms with E-state index in [1.807, 2.05) is 0 Å². The summed E-state index contributed by atoms with van der Waals surface area (Å²) in [7, 11) is 0. The monoisotopic (exact) mass is 256 g/mol. The Morgan fingerprint density at radius 3 is 3.06 bits per heavy atom. The second-order valence-corrected chi connectivity index (χ2v) is 4.56. The summed E-state index contributed by atoms with van der Waals surface area (Å²) < 4.78 is 13.0. The summed E-state index contributed by atoms with van der Waals surface area (Å²) in [4.78, 5) is 11.0. The van der Waals surface area contributed by atoms with Crippen molar-refractivity contribution in [2.75, 3.05) is 6.54 Å². The van der Waals surface area contributed by atoms with Crippen LogP contribution >= 0.6 is 11.6 Å². The van der Waals surface area contributed by atoms with Crippen molar-refractivity contribution in [2.45, 2.75) is 25.4 Å². The van der Waals surface area contributed by atoms with Crippen molar-refractivity contribution in [2.24, 2.45) is 0 Å². The number of benzene rings is 1. The zero-order valence-electron chi connectivity index (χ0n) is 9.30. The molecule has 1 atom stereocenters. The summed E-state index contributed by atoms with van der Waals surface area (Å²) in [5, 5.41) is 6.60. The lowest BCUT2D eigenvalue weighted by molar-refractivity contribution is -0.122. The lowest BCUT2D eigenvalue weighted by Crippen LogP contribution is -2.45. The normalized spacial score (nSPS) is 20.1. The van der Waals surface area contributed by atoms with Gasteiger partial charge in [0.05, 0.1) is 0 Å². The number of hydrogen-bond acceptors (Lipinski definition) is 2. The minimum Gasteiger partial charge on any atom is -0.355 e. The van der Waals surface area contributed by atoms with Crippen LogP contribution in [0.5, 0.6) is 0 Å². The number of nitrogens with one attached hydrogen (secondary N) is 2. The Hall–Kier alpha value is -1.13. The Balaban J connectivity index is 1.89. The summed E-state index contributed by atoms with van der Waals surface area (Å²) in [5.74, 6) is -0.199. The van der Waals surface area contributed by atoms with E-state index >= 15 is 0 Å². The third-order valence-electron chi connectivity index (χ3n) is 2.85. The van der Waals surface area contributed by atoms with E-state index in [4.69, 9.17) is 11.6 Å². The Bertz CT molecular complexity index is 415. The predicted molar refractivity (Wildman–Crippen MR) is 64.3 cm³/mol. The minimum atomic E-state index is -0.289. The average molecular weight is 257 g/mol. The van der Waals surface area contributed by atoms with Crippen LogP contribution in [0.25, 0.3) is 0 Å². The molecular formula is C12H14ClFN2O. The smallest absolute Gasteiger partial charge is 0.220 e. The van der Waals surface area contributed by atoms with Gasteiger partial charge < -0.3 is 10.6 Å². The molecule has 0 aliphatic carbocycles. The first-order valence-electron chi connectivity index (χ1n) is 5.59. The van der Waals surface area contributed by atoms with Gasteiger partial charge in [-0.2, -0.15) is 0 Å². The molecule has 0 bridgehead atoms. The molecule has 1 aromatic rings. The topological polar surface area (TPSA) is 41.1 Å². The van der Waals surface area contributed by atoms with Crippen molar-refractivity contribution in [3.63, 3.8) is 0 Å². The van der Waals surface area contributed by atoms with Gasteiger partial charge in [0.25, 0.3) is 0 Å². The van der Waals surface area contributed by atoms with Crippen molar-refractivity contribution in [3.8, 4) is 0 Å². The van der Waals surface area contributed by atoms with E-state index < -0.39 is 0 Å². The maximum atomic E-state index is 13.0. The number of amides is 1. The molecule has 0 aromatic heterocycles. The van der Waals surface area contributed by atoms with Crippen molar-refractivity contribution >= 4 is 17.5 Å². The van der Waals surface area contributed by atoms with E-state index in [1.165, 1.54) is 12.1 Å². The van der Waals surface area contributed by atoms with Crippen LogP contribution in [0.2, 0.25) is 5.02 Å². The van der Waals surface area contributed by atoms with Gasteiger partial charge in [-0.05, 0) is 30.2 Å². The predicted octanol–water partition coefficient (Wildman–Crippen LogP) is 1.85. The zero-order chi connectivity index (χ0) is 12.3. The van der Waals surface area contributed by atoms with Gasteiger partial charge in [0.15, 0.2) is 0 Å². The summed E-state index contributed by atoms with van der Waals surface area (Å²) in [6.07, 6.45) is 1.34. The van der Waals surface area contributed by atoms with Crippen molar-refractivity contribution < 1.29 is 9.18 Å². The molecule has 1 fully saturated rings. The summed E-state index contributed by atoms with van der Waals surface area (Å²) >= 11 is 5.96. The highest BCUT2D eigenvalue weighted by Gasteiger charge is 2.17. The maximum Gasteiger partial charge on any atom is 0.220 e. The fraction of sp³-hybridized carbons (Fsp3) is 0.417. The summed E-state index contributed by atoms with van der Waals surface area (Å²) in [5.41, 5.74) is 0.739. The van der Waals surface area contributed by atoms with Crippen LogP contribution in [0.3, 0.4) is 0 Å². The molecule has 5 heteroatoms. The molecule has 17 heavy (non-hydrogen) atoms. The highest BCUT2D eigenvalue weighted by molar-refractivity contribution is 6.31. The van der Waals surface area contributed by atoms with Gasteiger partial charge in [-0.25, -0.2) is 4.39 Å². The molecule has 1 saturated heterocycles. The van der Waals surface area contributed by atoms with Crippen LogP contribution in [0.4, 0.5) is 4.39 Å². The van der Waals surface area contributed by atoms with Crippen LogP contribution in [-0.4, -0.2) is 18.5 Å². The largest absolute Gasteiger partial charge is 0.355 e. The van der Waals surface area contributed by atoms with Crippen molar-refractivity contribution in [1.29, 1.82) is 0 Å². The van der Waals surface area contributed by atoms with E-state index in [0.717, 1.165) is 12.0 Å². The highest BCUT2D eigenvalue weighted by Crippen LogP contribution is 2.17. The molecule has 1 heterocycles. The van der Waals surface area contributed by atoms with Crippen LogP contribution < -0.4 is 10.6 Å². The fourth-order valence-corrected chi connectivity index (χ4v) is 2.02. The molecule has 0 saturated carbocycles. The molecule has 1 aliphatic rings. The number of rotatable bonds is 3. The molecule has 0 radical (unpaired) electrons. The molecular weight excluding hydrogens is 243 g/mol. The molecule has 3 nitrogen and oxygen atoms in total. The number of halogens is 2. The van der Waals surface area contributed by atoms with E-state index in [0.29, 0.717) is 24.5 Å². The maximum absolute atomic E-state index is 13.0. The molecule has 92 valence electrons. The van der Waals surface area contributed by atoms with Crippen molar-refractivity contribution in [1.82, 2.24) is 10.6 Å².